The van der Waals surface area contributed by atoms with Gasteiger partial charge in [-0.3, -0.25) is 14.4 Å². The molecule has 23 heavy (non-hydrogen) atoms. The molecule has 0 heterocycles. The molecule has 2 atom stereocenters. The van der Waals surface area contributed by atoms with Crippen molar-refractivity contribution in [2.24, 2.45) is 11.8 Å². The average molecular weight is 316 g/mol. The van der Waals surface area contributed by atoms with Crippen LogP contribution in [0, 0.1) is 11.8 Å². The first-order valence-electron chi connectivity index (χ1n) is 7.60. The molecule has 2 rings (SSSR count). The van der Waals surface area contributed by atoms with Crippen molar-refractivity contribution in [1.29, 1.82) is 0 Å². The Morgan fingerprint density at radius 2 is 1.87 bits per heavy atom. The maximum Gasteiger partial charge on any atom is 0.307 e. The van der Waals surface area contributed by atoms with Gasteiger partial charge < -0.3 is 15.7 Å². The molecule has 0 saturated carbocycles. The number of amides is 2. The molecular weight excluding hydrogens is 296 g/mol. The van der Waals surface area contributed by atoms with Crippen LogP contribution in [-0.2, 0) is 9.59 Å². The third kappa shape index (κ3) is 4.18. The number of rotatable bonds is 5. The highest BCUT2D eigenvalue weighted by atomic mass is 16.4. The van der Waals surface area contributed by atoms with E-state index in [0.29, 0.717) is 30.6 Å². The number of nitrogens with one attached hydrogen (secondary N) is 2. The van der Waals surface area contributed by atoms with Crippen LogP contribution in [0.4, 0.5) is 5.69 Å². The van der Waals surface area contributed by atoms with Crippen LogP contribution >= 0.6 is 0 Å². The lowest BCUT2D eigenvalue weighted by atomic mass is 9.82. The van der Waals surface area contributed by atoms with Crippen molar-refractivity contribution < 1.29 is 19.5 Å². The summed E-state index contributed by atoms with van der Waals surface area (Å²) in [6.45, 7) is 2.34. The molecule has 0 spiro atoms. The first-order chi connectivity index (χ1) is 11.0. The van der Waals surface area contributed by atoms with Gasteiger partial charge in [0.25, 0.3) is 5.91 Å². The molecular formula is C17H20N2O4. The summed E-state index contributed by atoms with van der Waals surface area (Å²) in [5, 5.41) is 14.6. The molecule has 0 bridgehead atoms. The zero-order valence-electron chi connectivity index (χ0n) is 12.9. The summed E-state index contributed by atoms with van der Waals surface area (Å²) in [5.74, 6) is -2.84. The number of aliphatic carboxylic acids is 1. The molecule has 0 saturated heterocycles. The van der Waals surface area contributed by atoms with E-state index in [2.05, 4.69) is 10.6 Å². The van der Waals surface area contributed by atoms with Gasteiger partial charge in [-0.15, -0.1) is 0 Å². The second-order valence-corrected chi connectivity index (χ2v) is 5.42. The molecule has 0 fully saturated rings. The Hall–Kier alpha value is -2.63. The molecule has 6 heteroatoms. The van der Waals surface area contributed by atoms with Crippen molar-refractivity contribution in [2.75, 3.05) is 11.9 Å². The topological polar surface area (TPSA) is 95.5 Å². The number of carbonyl (C=O) groups is 3. The Morgan fingerprint density at radius 3 is 2.52 bits per heavy atom. The summed E-state index contributed by atoms with van der Waals surface area (Å²) in [4.78, 5) is 35.5. The van der Waals surface area contributed by atoms with Crippen LogP contribution in [-0.4, -0.2) is 29.4 Å². The predicted octanol–water partition coefficient (Wildman–Crippen LogP) is 2.04. The average Bonchev–Trinajstić information content (AvgIpc) is 2.55. The minimum Gasteiger partial charge on any atom is -0.481 e. The number of carboxylic acid groups (broad SMARTS) is 1. The largest absolute Gasteiger partial charge is 0.481 e. The number of hydrogen-bond acceptors (Lipinski definition) is 3. The predicted molar refractivity (Wildman–Crippen MR) is 86.1 cm³/mol. The number of carbonyl (C=O) groups excluding carboxylic acids is 2. The second-order valence-electron chi connectivity index (χ2n) is 5.42. The van der Waals surface area contributed by atoms with Crippen molar-refractivity contribution in [2.45, 2.75) is 19.8 Å². The Kier molecular flexibility index (Phi) is 5.51. The van der Waals surface area contributed by atoms with Crippen LogP contribution in [0.25, 0.3) is 0 Å². The highest BCUT2D eigenvalue weighted by Crippen LogP contribution is 2.27. The van der Waals surface area contributed by atoms with Gasteiger partial charge in [0.15, 0.2) is 0 Å². The van der Waals surface area contributed by atoms with Crippen molar-refractivity contribution in [3.05, 3.63) is 42.0 Å². The van der Waals surface area contributed by atoms with Gasteiger partial charge in [0, 0.05) is 17.8 Å². The monoisotopic (exact) mass is 316 g/mol. The van der Waals surface area contributed by atoms with Gasteiger partial charge in [0.05, 0.1) is 11.8 Å². The van der Waals surface area contributed by atoms with Crippen molar-refractivity contribution in [3.63, 3.8) is 0 Å². The fourth-order valence-electron chi connectivity index (χ4n) is 2.61. The summed E-state index contributed by atoms with van der Waals surface area (Å²) < 4.78 is 0. The number of benzene rings is 1. The molecule has 6 nitrogen and oxygen atoms in total. The molecule has 3 N–H and O–H groups in total. The maximum absolute atomic E-state index is 12.4. The Bertz CT molecular complexity index is 639. The number of hydrogen-bond donors (Lipinski definition) is 3. The summed E-state index contributed by atoms with van der Waals surface area (Å²) in [6.07, 6.45) is 4.37. The molecule has 0 unspecified atom stereocenters. The highest BCUT2D eigenvalue weighted by molar-refractivity contribution is 5.98. The van der Waals surface area contributed by atoms with Crippen LogP contribution in [0.3, 0.4) is 0 Å². The zero-order chi connectivity index (χ0) is 16.8. The third-order valence-corrected chi connectivity index (χ3v) is 3.82. The van der Waals surface area contributed by atoms with E-state index in [-0.39, 0.29) is 11.8 Å². The summed E-state index contributed by atoms with van der Waals surface area (Å²) in [5.41, 5.74) is 0.931. The van der Waals surface area contributed by atoms with Gasteiger partial charge in [0.1, 0.15) is 0 Å². The number of allylic oxidation sites excluding steroid dienone is 2. The van der Waals surface area contributed by atoms with Crippen LogP contribution in [0.5, 0.6) is 0 Å². The summed E-state index contributed by atoms with van der Waals surface area (Å²) in [6, 6.07) is 6.59. The van der Waals surface area contributed by atoms with Gasteiger partial charge in [-0.1, -0.05) is 18.2 Å². The quantitative estimate of drug-likeness (QED) is 0.724. The third-order valence-electron chi connectivity index (χ3n) is 3.82. The maximum atomic E-state index is 12.4. The molecule has 1 aromatic carbocycles. The Labute approximate surface area is 134 Å². The van der Waals surface area contributed by atoms with Crippen LogP contribution in [0.1, 0.15) is 30.1 Å². The Morgan fingerprint density at radius 1 is 1.17 bits per heavy atom. The van der Waals surface area contributed by atoms with Gasteiger partial charge in [-0.25, -0.2) is 0 Å². The lowest BCUT2D eigenvalue weighted by Crippen LogP contribution is -2.34. The smallest absolute Gasteiger partial charge is 0.307 e. The van der Waals surface area contributed by atoms with E-state index in [1.54, 1.807) is 30.3 Å². The lowest BCUT2D eigenvalue weighted by Gasteiger charge is -2.24. The standard InChI is InChI=1S/C17H20N2O4/c1-2-18-15(20)11-6-5-7-12(10-11)19-16(21)13-8-3-4-9-14(13)17(22)23/h3-7,10,13-14H,2,8-9H2,1H3,(H,18,20)(H,19,21)(H,22,23)/t13-,14+/m1/s1. The molecule has 0 aliphatic heterocycles. The van der Waals surface area contributed by atoms with E-state index < -0.39 is 17.8 Å². The molecule has 1 aliphatic carbocycles. The molecule has 2 amide bonds. The number of anilines is 1. The first kappa shape index (κ1) is 16.7. The SMILES string of the molecule is CCNC(=O)c1cccc(NC(=O)[C@@H]2CC=CC[C@@H]2C(=O)O)c1. The molecule has 122 valence electrons. The van der Waals surface area contributed by atoms with Crippen LogP contribution < -0.4 is 10.6 Å². The second kappa shape index (κ2) is 7.58. The van der Waals surface area contributed by atoms with Gasteiger partial charge in [-0.2, -0.15) is 0 Å². The molecule has 0 radical (unpaired) electrons. The lowest BCUT2D eigenvalue weighted by molar-refractivity contribution is -0.146. The van der Waals surface area contributed by atoms with E-state index in [9.17, 15) is 19.5 Å². The van der Waals surface area contributed by atoms with Crippen LogP contribution in [0.2, 0.25) is 0 Å². The number of carboxylic acids is 1. The zero-order valence-corrected chi connectivity index (χ0v) is 12.9. The molecule has 1 aliphatic rings. The minimum atomic E-state index is -0.967. The molecule has 0 aromatic heterocycles. The van der Waals surface area contributed by atoms with Gasteiger partial charge in [-0.05, 0) is 38.0 Å². The van der Waals surface area contributed by atoms with E-state index in [0.717, 1.165) is 0 Å². The summed E-state index contributed by atoms with van der Waals surface area (Å²) >= 11 is 0. The van der Waals surface area contributed by atoms with E-state index >= 15 is 0 Å². The van der Waals surface area contributed by atoms with E-state index in [1.807, 2.05) is 13.0 Å². The first-order valence-corrected chi connectivity index (χ1v) is 7.60. The minimum absolute atomic E-state index is 0.215. The van der Waals surface area contributed by atoms with E-state index in [1.165, 1.54) is 0 Å². The molecule has 1 aromatic rings. The van der Waals surface area contributed by atoms with Crippen molar-refractivity contribution in [1.82, 2.24) is 5.32 Å². The normalized spacial score (nSPS) is 19.9. The fraction of sp³-hybridized carbons (Fsp3) is 0.353. The van der Waals surface area contributed by atoms with Crippen molar-refractivity contribution in [3.8, 4) is 0 Å². The highest BCUT2D eigenvalue weighted by Gasteiger charge is 2.33. The fourth-order valence-corrected chi connectivity index (χ4v) is 2.61. The van der Waals surface area contributed by atoms with E-state index in [4.69, 9.17) is 0 Å². The van der Waals surface area contributed by atoms with Gasteiger partial charge >= 0.3 is 5.97 Å². The van der Waals surface area contributed by atoms with Crippen molar-refractivity contribution >= 4 is 23.5 Å². The summed E-state index contributed by atoms with van der Waals surface area (Å²) in [7, 11) is 0. The van der Waals surface area contributed by atoms with Crippen LogP contribution in [0.15, 0.2) is 36.4 Å². The van der Waals surface area contributed by atoms with Gasteiger partial charge in [0.2, 0.25) is 5.91 Å². The Balaban J connectivity index is 2.10.